The molecule has 1 fully saturated rings. The van der Waals surface area contributed by atoms with Crippen LogP contribution in [0.3, 0.4) is 0 Å². The van der Waals surface area contributed by atoms with Crippen LogP contribution in [0.15, 0.2) is 6.07 Å². The zero-order valence-electron chi connectivity index (χ0n) is 13.3. The van der Waals surface area contributed by atoms with E-state index in [-0.39, 0.29) is 24.0 Å². The molecule has 0 aromatic carbocycles. The zero-order chi connectivity index (χ0) is 15.5. The minimum absolute atomic E-state index is 0.0203. The van der Waals surface area contributed by atoms with Crippen molar-refractivity contribution in [3.63, 3.8) is 0 Å². The molecule has 1 aromatic heterocycles. The van der Waals surface area contributed by atoms with Gasteiger partial charge in [0.05, 0.1) is 24.5 Å². The lowest BCUT2D eigenvalue weighted by molar-refractivity contribution is -0.0878. The summed E-state index contributed by atoms with van der Waals surface area (Å²) in [5.74, 6) is 0.148. The summed E-state index contributed by atoms with van der Waals surface area (Å²) in [5.41, 5.74) is 1.48. The molecule has 1 saturated carbocycles. The second-order valence-corrected chi connectivity index (χ2v) is 6.18. The number of hydrogen-bond donors (Lipinski definition) is 1. The Bertz CT molecular complexity index is 490. The number of carbonyl (C=O) groups is 1. The van der Waals surface area contributed by atoms with Gasteiger partial charge in [-0.25, -0.2) is 4.68 Å². The maximum absolute atomic E-state index is 12.5. The Morgan fingerprint density at radius 2 is 2.14 bits per heavy atom. The molecule has 0 radical (unpaired) electrons. The van der Waals surface area contributed by atoms with Crippen LogP contribution in [0.1, 0.15) is 55.2 Å². The first-order valence-electron chi connectivity index (χ1n) is 7.80. The summed E-state index contributed by atoms with van der Waals surface area (Å²) in [7, 11) is 0. The maximum atomic E-state index is 12.5. The molecule has 0 spiro atoms. The SMILES string of the molecule is Cc1cc(C)n(C(=O)CC(C)C2(OCCO)CCCC2)n1. The zero-order valence-corrected chi connectivity index (χ0v) is 13.3. The van der Waals surface area contributed by atoms with Gasteiger partial charge in [-0.3, -0.25) is 4.79 Å². The molecule has 0 amide bonds. The fraction of sp³-hybridized carbons (Fsp3) is 0.750. The number of carbonyl (C=O) groups excluding carboxylic acids is 1. The maximum Gasteiger partial charge on any atom is 0.247 e. The number of aliphatic hydroxyl groups is 1. The number of hydrogen-bond acceptors (Lipinski definition) is 4. The molecule has 1 heterocycles. The Kier molecular flexibility index (Phi) is 5.17. The average Bonchev–Trinajstić information content (AvgIpc) is 3.04. The van der Waals surface area contributed by atoms with Crippen molar-refractivity contribution in [3.05, 3.63) is 17.5 Å². The van der Waals surface area contributed by atoms with Crippen LogP contribution in [-0.2, 0) is 4.74 Å². The summed E-state index contributed by atoms with van der Waals surface area (Å²) in [6, 6.07) is 1.91. The number of aromatic nitrogens is 2. The van der Waals surface area contributed by atoms with Gasteiger partial charge in [-0.2, -0.15) is 5.10 Å². The summed E-state index contributed by atoms with van der Waals surface area (Å²) in [6.07, 6.45) is 4.62. The number of rotatable bonds is 6. The highest BCUT2D eigenvalue weighted by atomic mass is 16.5. The summed E-state index contributed by atoms with van der Waals surface area (Å²) in [6.45, 7) is 6.24. The fourth-order valence-electron chi connectivity index (χ4n) is 3.42. The average molecular weight is 294 g/mol. The first-order chi connectivity index (χ1) is 9.98. The van der Waals surface area contributed by atoms with E-state index in [0.717, 1.165) is 37.1 Å². The normalized spacial score (nSPS) is 18.9. The van der Waals surface area contributed by atoms with Gasteiger partial charge in [0.1, 0.15) is 0 Å². The molecular formula is C16H26N2O3. The second kappa shape index (κ2) is 6.71. The molecule has 5 heteroatoms. The van der Waals surface area contributed by atoms with Crippen molar-refractivity contribution in [2.24, 2.45) is 5.92 Å². The number of ether oxygens (including phenoxy) is 1. The third kappa shape index (κ3) is 3.52. The van der Waals surface area contributed by atoms with Crippen LogP contribution in [0.25, 0.3) is 0 Å². The molecular weight excluding hydrogens is 268 g/mol. The molecule has 1 atom stereocenters. The Labute approximate surface area is 126 Å². The molecule has 1 aliphatic carbocycles. The third-order valence-corrected chi connectivity index (χ3v) is 4.56. The van der Waals surface area contributed by atoms with E-state index in [9.17, 15) is 4.79 Å². The predicted octanol–water partition coefficient (Wildman–Crippen LogP) is 2.49. The van der Waals surface area contributed by atoms with E-state index in [4.69, 9.17) is 9.84 Å². The van der Waals surface area contributed by atoms with E-state index < -0.39 is 0 Å². The lowest BCUT2D eigenvalue weighted by Gasteiger charge is -2.35. The summed E-state index contributed by atoms with van der Waals surface area (Å²) < 4.78 is 7.44. The molecule has 0 aliphatic heterocycles. The highest BCUT2D eigenvalue weighted by Gasteiger charge is 2.41. The van der Waals surface area contributed by atoms with Crippen LogP contribution in [0.5, 0.6) is 0 Å². The summed E-state index contributed by atoms with van der Waals surface area (Å²) in [5, 5.41) is 13.3. The van der Waals surface area contributed by atoms with Gasteiger partial charge in [0, 0.05) is 12.1 Å². The summed E-state index contributed by atoms with van der Waals surface area (Å²) in [4.78, 5) is 12.5. The van der Waals surface area contributed by atoms with Gasteiger partial charge in [0.2, 0.25) is 5.91 Å². The molecule has 1 aromatic rings. The van der Waals surface area contributed by atoms with Crippen molar-refractivity contribution in [2.45, 2.75) is 58.5 Å². The van der Waals surface area contributed by atoms with Gasteiger partial charge in [0.15, 0.2) is 0 Å². The molecule has 1 N–H and O–H groups in total. The van der Waals surface area contributed by atoms with Gasteiger partial charge < -0.3 is 9.84 Å². The van der Waals surface area contributed by atoms with Crippen LogP contribution >= 0.6 is 0 Å². The van der Waals surface area contributed by atoms with Crippen molar-refractivity contribution in [3.8, 4) is 0 Å². The van der Waals surface area contributed by atoms with Crippen molar-refractivity contribution in [2.75, 3.05) is 13.2 Å². The van der Waals surface area contributed by atoms with Gasteiger partial charge in [-0.05, 0) is 38.7 Å². The Morgan fingerprint density at radius 1 is 1.48 bits per heavy atom. The molecule has 0 bridgehead atoms. The van der Waals surface area contributed by atoms with E-state index in [2.05, 4.69) is 12.0 Å². The topological polar surface area (TPSA) is 64.3 Å². The van der Waals surface area contributed by atoms with Crippen molar-refractivity contribution in [1.29, 1.82) is 0 Å². The number of aryl methyl sites for hydroxylation is 2. The molecule has 1 aliphatic rings. The van der Waals surface area contributed by atoms with Gasteiger partial charge in [-0.1, -0.05) is 19.8 Å². The fourth-order valence-corrected chi connectivity index (χ4v) is 3.42. The molecule has 0 saturated heterocycles. The minimum atomic E-state index is -0.255. The lowest BCUT2D eigenvalue weighted by atomic mass is 9.84. The van der Waals surface area contributed by atoms with Gasteiger partial charge >= 0.3 is 0 Å². The Balaban J connectivity index is 2.06. The smallest absolute Gasteiger partial charge is 0.247 e. The molecule has 5 nitrogen and oxygen atoms in total. The number of aliphatic hydroxyl groups excluding tert-OH is 1. The van der Waals surface area contributed by atoms with E-state index in [1.54, 1.807) is 0 Å². The minimum Gasteiger partial charge on any atom is -0.394 e. The first kappa shape index (κ1) is 16.2. The van der Waals surface area contributed by atoms with Crippen LogP contribution in [-0.4, -0.2) is 39.6 Å². The molecule has 118 valence electrons. The van der Waals surface area contributed by atoms with Crippen molar-refractivity contribution >= 4 is 5.91 Å². The molecule has 2 rings (SSSR count). The highest BCUT2D eigenvalue weighted by molar-refractivity contribution is 5.79. The molecule has 1 unspecified atom stereocenters. The van der Waals surface area contributed by atoms with Crippen LogP contribution < -0.4 is 0 Å². The number of nitrogens with zero attached hydrogens (tertiary/aromatic N) is 2. The third-order valence-electron chi connectivity index (χ3n) is 4.56. The Morgan fingerprint density at radius 3 is 2.67 bits per heavy atom. The highest BCUT2D eigenvalue weighted by Crippen LogP contribution is 2.40. The van der Waals surface area contributed by atoms with Crippen molar-refractivity contribution < 1.29 is 14.6 Å². The second-order valence-electron chi connectivity index (χ2n) is 6.18. The van der Waals surface area contributed by atoms with Crippen LogP contribution in [0.2, 0.25) is 0 Å². The summed E-state index contributed by atoms with van der Waals surface area (Å²) >= 11 is 0. The monoisotopic (exact) mass is 294 g/mol. The van der Waals surface area contributed by atoms with Crippen molar-refractivity contribution in [1.82, 2.24) is 9.78 Å². The van der Waals surface area contributed by atoms with Gasteiger partial charge in [-0.15, -0.1) is 0 Å². The first-order valence-corrected chi connectivity index (χ1v) is 7.80. The van der Waals surface area contributed by atoms with E-state index >= 15 is 0 Å². The van der Waals surface area contributed by atoms with E-state index in [1.165, 1.54) is 4.68 Å². The largest absolute Gasteiger partial charge is 0.394 e. The predicted molar refractivity (Wildman–Crippen MR) is 80.3 cm³/mol. The van der Waals surface area contributed by atoms with E-state index in [1.807, 2.05) is 19.9 Å². The Hall–Kier alpha value is -1.20. The van der Waals surface area contributed by atoms with E-state index in [0.29, 0.717) is 13.0 Å². The standard InChI is InChI=1S/C16H26N2O3/c1-12(16(21-9-8-19)6-4-5-7-16)10-15(20)18-14(3)11-13(2)17-18/h11-12,19H,4-10H2,1-3H3. The molecule has 21 heavy (non-hydrogen) atoms. The quantitative estimate of drug-likeness (QED) is 0.875. The lowest BCUT2D eigenvalue weighted by Crippen LogP contribution is -2.39. The van der Waals surface area contributed by atoms with Gasteiger partial charge in [0.25, 0.3) is 0 Å². The van der Waals surface area contributed by atoms with Crippen LogP contribution in [0, 0.1) is 19.8 Å². The van der Waals surface area contributed by atoms with Crippen LogP contribution in [0.4, 0.5) is 0 Å².